The quantitative estimate of drug-likeness (QED) is 0.384. The van der Waals surface area contributed by atoms with Crippen LogP contribution in [-0.4, -0.2) is 37.0 Å². The lowest BCUT2D eigenvalue weighted by Crippen LogP contribution is -2.42. The first-order valence-electron chi connectivity index (χ1n) is 13.3. The molecule has 1 aliphatic carbocycles. The van der Waals surface area contributed by atoms with Gasteiger partial charge in [0.25, 0.3) is 0 Å². The molecule has 39 heavy (non-hydrogen) atoms. The Hall–Kier alpha value is -4.26. The normalized spacial score (nSPS) is 18.0. The fourth-order valence-corrected chi connectivity index (χ4v) is 5.66. The number of para-hydroxylation sites is 3. The van der Waals surface area contributed by atoms with E-state index >= 15 is 0 Å². The third-order valence-electron chi connectivity index (χ3n) is 7.42. The largest absolute Gasteiger partial charge is 0.508 e. The summed E-state index contributed by atoms with van der Waals surface area (Å²) < 4.78 is 5.76. The molecule has 1 aliphatic heterocycles. The van der Waals surface area contributed by atoms with Crippen LogP contribution in [0.3, 0.4) is 0 Å². The van der Waals surface area contributed by atoms with Gasteiger partial charge in [-0.25, -0.2) is 0 Å². The van der Waals surface area contributed by atoms with Gasteiger partial charge in [-0.05, 0) is 54.2 Å². The summed E-state index contributed by atoms with van der Waals surface area (Å²) in [4.78, 5) is 29.3. The Labute approximate surface area is 229 Å². The van der Waals surface area contributed by atoms with E-state index in [-0.39, 0.29) is 29.4 Å². The number of benzene rings is 3. The highest BCUT2D eigenvalue weighted by Crippen LogP contribution is 2.49. The van der Waals surface area contributed by atoms with Gasteiger partial charge >= 0.3 is 0 Å². The summed E-state index contributed by atoms with van der Waals surface area (Å²) in [6, 6.07) is 22.1. The van der Waals surface area contributed by atoms with E-state index < -0.39 is 6.04 Å². The van der Waals surface area contributed by atoms with Gasteiger partial charge in [0.05, 0.1) is 31.1 Å². The number of fused-ring (bicyclic) bond motifs is 1. The van der Waals surface area contributed by atoms with Crippen molar-refractivity contribution < 1.29 is 19.4 Å². The topological polar surface area (TPSA) is 90.9 Å². The summed E-state index contributed by atoms with van der Waals surface area (Å²) >= 11 is 0. The van der Waals surface area contributed by atoms with Crippen molar-refractivity contribution in [2.75, 3.05) is 30.4 Å². The van der Waals surface area contributed by atoms with E-state index in [4.69, 9.17) is 4.74 Å². The second-order valence-electron chi connectivity index (χ2n) is 11.0. The molecule has 1 unspecified atom stereocenters. The lowest BCUT2D eigenvalue weighted by Gasteiger charge is -2.38. The number of hydrogen-bond donors (Lipinski definition) is 3. The molecule has 0 aromatic heterocycles. The number of hydrogen-bond acceptors (Lipinski definition) is 6. The minimum Gasteiger partial charge on any atom is -0.508 e. The second-order valence-corrected chi connectivity index (χ2v) is 11.0. The molecule has 0 bridgehead atoms. The van der Waals surface area contributed by atoms with Crippen LogP contribution < -0.4 is 20.3 Å². The Balaban J connectivity index is 1.53. The van der Waals surface area contributed by atoms with Gasteiger partial charge < -0.3 is 25.4 Å². The average molecular weight is 526 g/mol. The number of ether oxygens (including phenoxy) is 1. The van der Waals surface area contributed by atoms with Crippen molar-refractivity contribution in [3.63, 3.8) is 0 Å². The predicted molar refractivity (Wildman–Crippen MR) is 153 cm³/mol. The summed E-state index contributed by atoms with van der Waals surface area (Å²) in [5, 5.41) is 16.2. The number of carbonyl (C=O) groups excluding carboxylic acids is 2. The summed E-state index contributed by atoms with van der Waals surface area (Å²) in [6.07, 6.45) is 1.80. The molecule has 0 saturated heterocycles. The van der Waals surface area contributed by atoms with Crippen LogP contribution in [0.4, 0.5) is 11.4 Å². The van der Waals surface area contributed by atoms with E-state index in [1.807, 2.05) is 65.6 Å². The number of phenols is 1. The molecule has 5 rings (SSSR count). The lowest BCUT2D eigenvalue weighted by molar-refractivity contribution is -0.120. The van der Waals surface area contributed by atoms with Crippen molar-refractivity contribution in [1.29, 1.82) is 0 Å². The van der Waals surface area contributed by atoms with Crippen LogP contribution in [0.1, 0.15) is 43.9 Å². The van der Waals surface area contributed by atoms with Gasteiger partial charge in [0.2, 0.25) is 5.91 Å². The Morgan fingerprint density at radius 1 is 1.05 bits per heavy atom. The number of nitrogens with one attached hydrogen (secondary N) is 2. The van der Waals surface area contributed by atoms with Crippen LogP contribution in [0.15, 0.2) is 84.1 Å². The van der Waals surface area contributed by atoms with Crippen LogP contribution in [0.25, 0.3) is 0 Å². The standard InChI is InChI=1S/C32H35N3O4/c1-32(2)18-25-30(27(37)19-32)31(23-8-4-7-11-28(23)39-3)35(26-10-6-5-9-24(26)34-25)20-29(38)33-17-16-21-12-14-22(36)15-13-21/h4-15,31,34,36H,16-20H2,1-3H3,(H,33,38). The van der Waals surface area contributed by atoms with E-state index in [0.717, 1.165) is 34.6 Å². The van der Waals surface area contributed by atoms with Gasteiger partial charge in [0, 0.05) is 29.8 Å². The fourth-order valence-electron chi connectivity index (χ4n) is 5.66. The van der Waals surface area contributed by atoms with E-state index in [9.17, 15) is 14.7 Å². The maximum Gasteiger partial charge on any atom is 0.239 e. The molecule has 0 spiro atoms. The number of amides is 1. The number of aromatic hydroxyl groups is 1. The number of Topliss-reactive ketones (excluding diaryl/α,β-unsaturated/α-hetero) is 1. The predicted octanol–water partition coefficient (Wildman–Crippen LogP) is 5.38. The zero-order chi connectivity index (χ0) is 27.6. The summed E-state index contributed by atoms with van der Waals surface area (Å²) in [6.45, 7) is 4.75. The molecule has 3 N–H and O–H groups in total. The van der Waals surface area contributed by atoms with E-state index in [2.05, 4.69) is 24.5 Å². The lowest BCUT2D eigenvalue weighted by atomic mass is 9.73. The Morgan fingerprint density at radius 2 is 1.77 bits per heavy atom. The molecular weight excluding hydrogens is 490 g/mol. The highest BCUT2D eigenvalue weighted by molar-refractivity contribution is 6.02. The number of nitrogens with zero attached hydrogens (tertiary/aromatic N) is 1. The second kappa shape index (κ2) is 10.8. The summed E-state index contributed by atoms with van der Waals surface area (Å²) in [5.41, 5.74) is 4.99. The third kappa shape index (κ3) is 5.62. The van der Waals surface area contributed by atoms with Crippen molar-refractivity contribution in [2.45, 2.75) is 39.2 Å². The zero-order valence-corrected chi connectivity index (χ0v) is 22.7. The molecule has 3 aromatic carbocycles. The van der Waals surface area contributed by atoms with Gasteiger partial charge in [-0.2, -0.15) is 0 Å². The molecule has 0 fully saturated rings. The SMILES string of the molecule is COc1ccccc1C1C2=C(CC(C)(C)CC2=O)Nc2ccccc2N1CC(=O)NCCc1ccc(O)cc1. The zero-order valence-electron chi connectivity index (χ0n) is 22.7. The van der Waals surface area contributed by atoms with Crippen LogP contribution in [-0.2, 0) is 16.0 Å². The molecule has 0 saturated carbocycles. The number of methoxy groups -OCH3 is 1. The maximum atomic E-state index is 13.8. The number of rotatable bonds is 7. The monoisotopic (exact) mass is 525 g/mol. The fraction of sp³-hybridized carbons (Fsp3) is 0.312. The van der Waals surface area contributed by atoms with E-state index in [1.54, 1.807) is 19.2 Å². The summed E-state index contributed by atoms with van der Waals surface area (Å²) in [5.74, 6) is 0.823. The molecule has 1 heterocycles. The summed E-state index contributed by atoms with van der Waals surface area (Å²) in [7, 11) is 1.63. The average Bonchev–Trinajstić information content (AvgIpc) is 3.03. The first-order valence-corrected chi connectivity index (χ1v) is 13.3. The first kappa shape index (κ1) is 26.4. The van der Waals surface area contributed by atoms with Gasteiger partial charge in [-0.15, -0.1) is 0 Å². The van der Waals surface area contributed by atoms with Gasteiger partial charge in [0.15, 0.2) is 5.78 Å². The van der Waals surface area contributed by atoms with Crippen molar-refractivity contribution in [3.05, 3.63) is 95.2 Å². The van der Waals surface area contributed by atoms with Crippen LogP contribution in [0.5, 0.6) is 11.5 Å². The van der Waals surface area contributed by atoms with Gasteiger partial charge in [-0.3, -0.25) is 9.59 Å². The molecule has 202 valence electrons. The van der Waals surface area contributed by atoms with E-state index in [1.165, 1.54) is 0 Å². The molecule has 0 radical (unpaired) electrons. The molecule has 7 nitrogen and oxygen atoms in total. The number of phenolic OH excluding ortho intramolecular Hbond substituents is 1. The highest BCUT2D eigenvalue weighted by Gasteiger charge is 2.42. The third-order valence-corrected chi connectivity index (χ3v) is 7.42. The maximum absolute atomic E-state index is 13.8. The number of ketones is 1. The number of anilines is 2. The van der Waals surface area contributed by atoms with Crippen molar-refractivity contribution >= 4 is 23.1 Å². The molecule has 7 heteroatoms. The minimum atomic E-state index is -0.501. The smallest absolute Gasteiger partial charge is 0.239 e. The van der Waals surface area contributed by atoms with Crippen LogP contribution in [0.2, 0.25) is 0 Å². The Kier molecular flexibility index (Phi) is 7.33. The Morgan fingerprint density at radius 3 is 2.54 bits per heavy atom. The van der Waals surface area contributed by atoms with Crippen molar-refractivity contribution in [1.82, 2.24) is 5.32 Å². The molecular formula is C32H35N3O4. The van der Waals surface area contributed by atoms with Crippen molar-refractivity contribution in [2.24, 2.45) is 5.41 Å². The molecule has 1 atom stereocenters. The van der Waals surface area contributed by atoms with Crippen LogP contribution in [0, 0.1) is 5.41 Å². The molecule has 2 aliphatic rings. The molecule has 1 amide bonds. The number of carbonyl (C=O) groups is 2. The van der Waals surface area contributed by atoms with Crippen molar-refractivity contribution in [3.8, 4) is 11.5 Å². The Bertz CT molecular complexity index is 1410. The highest BCUT2D eigenvalue weighted by atomic mass is 16.5. The number of allylic oxidation sites excluding steroid dienone is 1. The van der Waals surface area contributed by atoms with Gasteiger partial charge in [0.1, 0.15) is 11.5 Å². The first-order chi connectivity index (χ1) is 18.8. The van der Waals surface area contributed by atoms with Crippen LogP contribution >= 0.6 is 0 Å². The van der Waals surface area contributed by atoms with E-state index in [0.29, 0.717) is 30.7 Å². The molecule has 3 aromatic rings. The van der Waals surface area contributed by atoms with Gasteiger partial charge in [-0.1, -0.05) is 56.3 Å². The minimum absolute atomic E-state index is 0.0600.